The Morgan fingerprint density at radius 1 is 1.11 bits per heavy atom. The highest BCUT2D eigenvalue weighted by Gasteiger charge is 2.24. The van der Waals surface area contributed by atoms with Gasteiger partial charge in [0.1, 0.15) is 5.92 Å². The van der Waals surface area contributed by atoms with Crippen molar-refractivity contribution in [1.29, 1.82) is 0 Å². The van der Waals surface area contributed by atoms with Gasteiger partial charge in [0.05, 0.1) is 18.9 Å². The Morgan fingerprint density at radius 3 is 2.44 bits per heavy atom. The predicted octanol–water partition coefficient (Wildman–Crippen LogP) is 2.79. The van der Waals surface area contributed by atoms with Gasteiger partial charge in [-0.1, -0.05) is 44.2 Å². The van der Waals surface area contributed by atoms with E-state index in [0.717, 1.165) is 44.1 Å². The molecule has 0 radical (unpaired) electrons. The molecule has 27 heavy (non-hydrogen) atoms. The summed E-state index contributed by atoms with van der Waals surface area (Å²) in [5, 5.41) is 3.10. The topological polar surface area (TPSA) is 54.5 Å². The van der Waals surface area contributed by atoms with Crippen LogP contribution >= 0.6 is 0 Å². The van der Waals surface area contributed by atoms with Crippen LogP contribution in [0.25, 0.3) is 0 Å². The fraction of sp³-hybridized carbons (Fsp3) is 0.455. The van der Waals surface area contributed by atoms with Crippen molar-refractivity contribution in [2.75, 3.05) is 39.4 Å². The number of ether oxygens (including phenoxy) is 1. The lowest BCUT2D eigenvalue weighted by Crippen LogP contribution is -2.42. The van der Waals surface area contributed by atoms with Crippen molar-refractivity contribution in [3.8, 4) is 0 Å². The first-order valence-electron chi connectivity index (χ1n) is 9.73. The molecule has 0 bridgehead atoms. The molecule has 1 unspecified atom stereocenters. The van der Waals surface area contributed by atoms with Crippen molar-refractivity contribution in [3.63, 3.8) is 0 Å². The van der Waals surface area contributed by atoms with E-state index in [1.165, 1.54) is 5.56 Å². The van der Waals surface area contributed by atoms with Gasteiger partial charge in [0, 0.05) is 32.4 Å². The SMILES string of the molecule is CC(C)c1ccc(C(C(=O)NCCN2CCOCC2)c2ccccn2)cc1. The van der Waals surface area contributed by atoms with E-state index in [9.17, 15) is 4.79 Å². The van der Waals surface area contributed by atoms with Gasteiger partial charge < -0.3 is 10.1 Å². The second kappa shape index (κ2) is 9.62. The lowest BCUT2D eigenvalue weighted by atomic mass is 9.92. The van der Waals surface area contributed by atoms with Crippen LogP contribution in [0.1, 0.15) is 42.5 Å². The molecule has 2 heterocycles. The molecule has 1 N–H and O–H groups in total. The fourth-order valence-corrected chi connectivity index (χ4v) is 3.34. The van der Waals surface area contributed by atoms with Crippen molar-refractivity contribution in [2.24, 2.45) is 0 Å². The number of carbonyl (C=O) groups excluding carboxylic acids is 1. The van der Waals surface area contributed by atoms with Crippen molar-refractivity contribution in [2.45, 2.75) is 25.7 Å². The van der Waals surface area contributed by atoms with Crippen LogP contribution in [0, 0.1) is 0 Å². The van der Waals surface area contributed by atoms with E-state index in [4.69, 9.17) is 4.74 Å². The Bertz CT molecular complexity index is 710. The highest BCUT2D eigenvalue weighted by molar-refractivity contribution is 5.86. The Balaban J connectivity index is 1.70. The van der Waals surface area contributed by atoms with Crippen LogP contribution in [0.2, 0.25) is 0 Å². The van der Waals surface area contributed by atoms with E-state index in [-0.39, 0.29) is 5.91 Å². The normalized spacial score (nSPS) is 16.3. The van der Waals surface area contributed by atoms with Gasteiger partial charge >= 0.3 is 0 Å². The van der Waals surface area contributed by atoms with Crippen molar-refractivity contribution >= 4 is 5.91 Å². The third-order valence-electron chi connectivity index (χ3n) is 5.01. The van der Waals surface area contributed by atoms with Crippen molar-refractivity contribution in [1.82, 2.24) is 15.2 Å². The number of morpholine rings is 1. The number of hydrogen-bond donors (Lipinski definition) is 1. The van der Waals surface area contributed by atoms with Gasteiger partial charge in [-0.05, 0) is 29.2 Å². The summed E-state index contributed by atoms with van der Waals surface area (Å²) in [5.74, 6) is 0.0751. The quantitative estimate of drug-likeness (QED) is 0.818. The molecule has 0 spiro atoms. The summed E-state index contributed by atoms with van der Waals surface area (Å²) in [5.41, 5.74) is 3.02. The molecule has 1 amide bonds. The Morgan fingerprint density at radius 2 is 1.81 bits per heavy atom. The molecule has 1 saturated heterocycles. The highest BCUT2D eigenvalue weighted by Crippen LogP contribution is 2.25. The van der Waals surface area contributed by atoms with Gasteiger partial charge in [-0.2, -0.15) is 0 Å². The van der Waals surface area contributed by atoms with Crippen LogP contribution in [0.5, 0.6) is 0 Å². The maximum absolute atomic E-state index is 13.0. The van der Waals surface area contributed by atoms with E-state index in [1.807, 2.05) is 18.2 Å². The summed E-state index contributed by atoms with van der Waals surface area (Å²) >= 11 is 0. The average Bonchev–Trinajstić information content (AvgIpc) is 2.70. The van der Waals surface area contributed by atoms with E-state index in [2.05, 4.69) is 53.3 Å². The van der Waals surface area contributed by atoms with Gasteiger partial charge in [-0.15, -0.1) is 0 Å². The molecule has 5 heteroatoms. The van der Waals surface area contributed by atoms with E-state index in [1.54, 1.807) is 6.20 Å². The Hall–Kier alpha value is -2.24. The summed E-state index contributed by atoms with van der Waals surface area (Å²) in [6, 6.07) is 14.0. The molecular formula is C22H29N3O2. The van der Waals surface area contributed by atoms with Gasteiger partial charge in [-0.25, -0.2) is 0 Å². The first-order chi connectivity index (χ1) is 13.1. The Kier molecular flexibility index (Phi) is 6.96. The number of rotatable bonds is 7. The molecule has 1 aromatic heterocycles. The summed E-state index contributed by atoms with van der Waals surface area (Å²) in [6.45, 7) is 9.21. The van der Waals surface area contributed by atoms with E-state index in [0.29, 0.717) is 12.5 Å². The molecule has 1 aromatic carbocycles. The minimum Gasteiger partial charge on any atom is -0.379 e. The molecule has 1 fully saturated rings. The first-order valence-corrected chi connectivity index (χ1v) is 9.73. The zero-order valence-corrected chi connectivity index (χ0v) is 16.2. The third-order valence-corrected chi connectivity index (χ3v) is 5.01. The minimum atomic E-state index is -0.392. The van der Waals surface area contributed by atoms with Gasteiger partial charge in [0.25, 0.3) is 0 Å². The number of carbonyl (C=O) groups is 1. The molecule has 0 saturated carbocycles. The number of nitrogens with zero attached hydrogens (tertiary/aromatic N) is 2. The summed E-state index contributed by atoms with van der Waals surface area (Å²) in [7, 11) is 0. The zero-order chi connectivity index (χ0) is 19.1. The van der Waals surface area contributed by atoms with Gasteiger partial charge in [-0.3, -0.25) is 14.7 Å². The summed E-state index contributed by atoms with van der Waals surface area (Å²) in [4.78, 5) is 19.8. The number of nitrogens with one attached hydrogen (secondary N) is 1. The molecule has 1 aliphatic rings. The average molecular weight is 367 g/mol. The fourth-order valence-electron chi connectivity index (χ4n) is 3.34. The monoisotopic (exact) mass is 367 g/mol. The minimum absolute atomic E-state index is 0.000689. The van der Waals surface area contributed by atoms with Gasteiger partial charge in [0.2, 0.25) is 5.91 Å². The third kappa shape index (κ3) is 5.37. The number of benzene rings is 1. The predicted molar refractivity (Wildman–Crippen MR) is 107 cm³/mol. The number of pyridine rings is 1. The maximum atomic E-state index is 13.0. The highest BCUT2D eigenvalue weighted by atomic mass is 16.5. The lowest BCUT2D eigenvalue weighted by Gasteiger charge is -2.27. The second-order valence-corrected chi connectivity index (χ2v) is 7.25. The molecular weight excluding hydrogens is 338 g/mol. The standard InChI is InChI=1S/C22H29N3O2/c1-17(2)18-6-8-19(9-7-18)21(20-5-3-4-10-23-20)22(26)24-11-12-25-13-15-27-16-14-25/h3-10,17,21H,11-16H2,1-2H3,(H,24,26). The molecule has 5 nitrogen and oxygen atoms in total. The van der Waals surface area contributed by atoms with Crippen LogP contribution in [0.4, 0.5) is 0 Å². The number of hydrogen-bond acceptors (Lipinski definition) is 4. The second-order valence-electron chi connectivity index (χ2n) is 7.25. The summed E-state index contributed by atoms with van der Waals surface area (Å²) < 4.78 is 5.37. The lowest BCUT2D eigenvalue weighted by molar-refractivity contribution is -0.121. The van der Waals surface area contributed by atoms with Crippen LogP contribution in [-0.4, -0.2) is 55.2 Å². The van der Waals surface area contributed by atoms with Crippen LogP contribution in [0.15, 0.2) is 48.7 Å². The summed E-state index contributed by atoms with van der Waals surface area (Å²) in [6.07, 6.45) is 1.74. The van der Waals surface area contributed by atoms with E-state index >= 15 is 0 Å². The molecule has 1 atom stereocenters. The maximum Gasteiger partial charge on any atom is 0.233 e. The molecule has 0 aliphatic carbocycles. The van der Waals surface area contributed by atoms with E-state index < -0.39 is 5.92 Å². The smallest absolute Gasteiger partial charge is 0.233 e. The van der Waals surface area contributed by atoms with Crippen molar-refractivity contribution < 1.29 is 9.53 Å². The number of amides is 1. The molecule has 144 valence electrons. The van der Waals surface area contributed by atoms with Crippen LogP contribution < -0.4 is 5.32 Å². The van der Waals surface area contributed by atoms with Gasteiger partial charge in [0.15, 0.2) is 0 Å². The molecule has 1 aliphatic heterocycles. The Labute approximate surface area is 161 Å². The first kappa shape index (κ1) is 19.5. The molecule has 3 rings (SSSR count). The molecule has 2 aromatic rings. The van der Waals surface area contributed by atoms with Crippen LogP contribution in [-0.2, 0) is 9.53 Å². The van der Waals surface area contributed by atoms with Crippen LogP contribution in [0.3, 0.4) is 0 Å². The largest absolute Gasteiger partial charge is 0.379 e. The number of aromatic nitrogens is 1. The zero-order valence-electron chi connectivity index (χ0n) is 16.2. The van der Waals surface area contributed by atoms with Crippen molar-refractivity contribution in [3.05, 3.63) is 65.5 Å².